The number of benzene rings is 3. The Bertz CT molecular complexity index is 1430. The third-order valence-corrected chi connectivity index (χ3v) is 6.33. The van der Waals surface area contributed by atoms with Crippen molar-refractivity contribution in [1.29, 1.82) is 0 Å². The zero-order chi connectivity index (χ0) is 28.2. The molecule has 2 N–H and O–H groups in total. The number of benzodiazepines with no additional fused rings is 1. The van der Waals surface area contributed by atoms with Crippen LogP contribution in [-0.2, 0) is 14.4 Å². The Balaban J connectivity index is 1.72. The maximum absolute atomic E-state index is 13.9. The molecule has 4 amide bonds. The Morgan fingerprint density at radius 3 is 2.38 bits per heavy atom. The van der Waals surface area contributed by atoms with E-state index in [0.29, 0.717) is 34.7 Å². The lowest BCUT2D eigenvalue weighted by Gasteiger charge is -2.28. The van der Waals surface area contributed by atoms with Crippen molar-refractivity contribution in [2.45, 2.75) is 26.9 Å². The number of rotatable bonds is 7. The zero-order valence-electron chi connectivity index (χ0n) is 22.3. The van der Waals surface area contributed by atoms with Crippen LogP contribution in [0.5, 0.6) is 0 Å². The molecule has 3 aromatic rings. The molecule has 1 atom stereocenters. The van der Waals surface area contributed by atoms with E-state index in [4.69, 9.17) is 4.99 Å². The van der Waals surface area contributed by atoms with Crippen molar-refractivity contribution in [3.05, 3.63) is 90.0 Å². The van der Waals surface area contributed by atoms with E-state index < -0.39 is 23.5 Å². The van der Waals surface area contributed by atoms with Gasteiger partial charge in [-0.3, -0.25) is 14.4 Å². The van der Waals surface area contributed by atoms with Gasteiger partial charge in [-0.1, -0.05) is 75.4 Å². The van der Waals surface area contributed by atoms with Crippen molar-refractivity contribution in [1.82, 2.24) is 5.32 Å². The van der Waals surface area contributed by atoms with Gasteiger partial charge in [0.25, 0.3) is 5.91 Å². The highest BCUT2D eigenvalue weighted by atomic mass is 16.2. The molecular formula is C30H31N5O4. The number of fused-ring (bicyclic) bond motifs is 1. The number of Topliss-reactive ketones (excluding diaryl/α,β-unsaturated/α-hetero) is 1. The van der Waals surface area contributed by atoms with Crippen molar-refractivity contribution in [3.8, 4) is 0 Å². The van der Waals surface area contributed by atoms with Crippen molar-refractivity contribution in [3.63, 3.8) is 0 Å². The van der Waals surface area contributed by atoms with E-state index in [-0.39, 0.29) is 12.3 Å². The number of nitrogens with one attached hydrogen (secondary N) is 2. The van der Waals surface area contributed by atoms with E-state index in [1.54, 1.807) is 64.2 Å². The lowest BCUT2D eigenvalue weighted by Crippen LogP contribution is -2.50. The second-order valence-electron chi connectivity index (χ2n) is 10.2. The molecule has 200 valence electrons. The summed E-state index contributed by atoms with van der Waals surface area (Å²) in [6.07, 6.45) is -0.643. The van der Waals surface area contributed by atoms with Crippen LogP contribution >= 0.6 is 0 Å². The van der Waals surface area contributed by atoms with Crippen LogP contribution in [0.3, 0.4) is 0 Å². The summed E-state index contributed by atoms with van der Waals surface area (Å²) in [6, 6.07) is 22.7. The van der Waals surface area contributed by atoms with Crippen molar-refractivity contribution >= 4 is 46.9 Å². The summed E-state index contributed by atoms with van der Waals surface area (Å²) < 4.78 is 0. The van der Waals surface area contributed by atoms with E-state index in [1.807, 2.05) is 42.5 Å². The first-order valence-corrected chi connectivity index (χ1v) is 12.5. The van der Waals surface area contributed by atoms with Gasteiger partial charge in [-0.05, 0) is 24.3 Å². The van der Waals surface area contributed by atoms with Gasteiger partial charge in [-0.2, -0.15) is 0 Å². The Labute approximate surface area is 227 Å². The van der Waals surface area contributed by atoms with E-state index in [2.05, 4.69) is 10.6 Å². The number of urea groups is 1. The number of hydrogen-bond donors (Lipinski definition) is 2. The Morgan fingerprint density at radius 2 is 1.69 bits per heavy atom. The monoisotopic (exact) mass is 525 g/mol. The van der Waals surface area contributed by atoms with Gasteiger partial charge in [0.05, 0.1) is 17.9 Å². The van der Waals surface area contributed by atoms with Crippen LogP contribution in [0, 0.1) is 5.41 Å². The number of hydrogen-bond acceptors (Lipinski definition) is 5. The van der Waals surface area contributed by atoms with Gasteiger partial charge in [-0.15, -0.1) is 0 Å². The predicted molar refractivity (Wildman–Crippen MR) is 152 cm³/mol. The predicted octanol–water partition coefficient (Wildman–Crippen LogP) is 4.23. The molecule has 0 radical (unpaired) electrons. The third-order valence-electron chi connectivity index (χ3n) is 6.33. The topological polar surface area (TPSA) is 111 Å². The highest BCUT2D eigenvalue weighted by Crippen LogP contribution is 2.29. The minimum Gasteiger partial charge on any atom is -0.318 e. The van der Waals surface area contributed by atoms with Gasteiger partial charge in [0.2, 0.25) is 12.6 Å². The summed E-state index contributed by atoms with van der Waals surface area (Å²) >= 11 is 0. The largest absolute Gasteiger partial charge is 0.321 e. The zero-order valence-corrected chi connectivity index (χ0v) is 22.3. The van der Waals surface area contributed by atoms with E-state index >= 15 is 0 Å². The van der Waals surface area contributed by atoms with Gasteiger partial charge in [0.15, 0.2) is 5.78 Å². The maximum Gasteiger partial charge on any atom is 0.321 e. The molecule has 1 aliphatic heterocycles. The van der Waals surface area contributed by atoms with E-state index in [0.717, 1.165) is 5.56 Å². The number of para-hydroxylation sites is 1. The average molecular weight is 526 g/mol. The SMILES string of the molecule is CN(C=O)c1cccc(NC(=O)N[C@@H]2N=C(c3ccccc3)c3ccccc3N(CC(=O)C(C)(C)C)C2=O)c1. The van der Waals surface area contributed by atoms with E-state index in [9.17, 15) is 19.2 Å². The number of carbonyl (C=O) groups is 4. The standard InChI is InChI=1S/C30H31N5O4/c1-30(2,3)25(37)18-35-24-16-9-8-15-23(24)26(20-11-6-5-7-12-20)32-27(28(35)38)33-29(39)31-21-13-10-14-22(17-21)34(4)19-36/h5-17,19,27H,18H2,1-4H3,(H2,31,33,39)/t27-/m0/s1. The summed E-state index contributed by atoms with van der Waals surface area (Å²) in [5.41, 5.74) is 2.83. The van der Waals surface area contributed by atoms with Crippen molar-refractivity contribution in [2.75, 3.05) is 28.7 Å². The number of anilines is 3. The molecular weight excluding hydrogens is 494 g/mol. The third kappa shape index (κ3) is 6.20. The first kappa shape index (κ1) is 27.3. The first-order chi connectivity index (χ1) is 18.6. The Kier molecular flexibility index (Phi) is 7.90. The normalized spacial score (nSPS) is 15.0. The van der Waals surface area contributed by atoms with Gasteiger partial charge < -0.3 is 20.4 Å². The highest BCUT2D eigenvalue weighted by molar-refractivity contribution is 6.21. The molecule has 0 fully saturated rings. The molecule has 9 heteroatoms. The fourth-order valence-electron chi connectivity index (χ4n) is 4.05. The van der Waals surface area contributed by atoms with E-state index in [1.165, 1.54) is 9.80 Å². The quantitative estimate of drug-likeness (QED) is 0.450. The summed E-state index contributed by atoms with van der Waals surface area (Å²) in [5, 5.41) is 5.38. The van der Waals surface area contributed by atoms with Gasteiger partial charge in [0, 0.05) is 35.0 Å². The molecule has 1 aliphatic rings. The summed E-state index contributed by atoms with van der Waals surface area (Å²) in [6.45, 7) is 5.23. The molecule has 0 spiro atoms. The molecule has 0 aromatic heterocycles. The van der Waals surface area contributed by atoms with Crippen molar-refractivity contribution in [2.24, 2.45) is 10.4 Å². The van der Waals surface area contributed by atoms with Crippen LogP contribution in [0.2, 0.25) is 0 Å². The summed E-state index contributed by atoms with van der Waals surface area (Å²) in [5.74, 6) is -0.663. The molecule has 0 unspecified atom stereocenters. The summed E-state index contributed by atoms with van der Waals surface area (Å²) in [7, 11) is 1.60. The maximum atomic E-state index is 13.9. The van der Waals surface area contributed by atoms with Crippen LogP contribution < -0.4 is 20.4 Å². The minimum atomic E-state index is -1.30. The molecule has 9 nitrogen and oxygen atoms in total. The smallest absolute Gasteiger partial charge is 0.318 e. The lowest BCUT2D eigenvalue weighted by atomic mass is 9.90. The fourth-order valence-corrected chi connectivity index (χ4v) is 4.05. The molecule has 4 rings (SSSR count). The molecule has 0 aliphatic carbocycles. The second-order valence-corrected chi connectivity index (χ2v) is 10.2. The van der Waals surface area contributed by atoms with Crippen LogP contribution in [0.4, 0.5) is 21.9 Å². The van der Waals surface area contributed by atoms with Crippen LogP contribution in [-0.4, -0.2) is 49.6 Å². The average Bonchev–Trinajstić information content (AvgIpc) is 3.03. The van der Waals surface area contributed by atoms with Gasteiger partial charge >= 0.3 is 6.03 Å². The number of carbonyl (C=O) groups excluding carboxylic acids is 4. The van der Waals surface area contributed by atoms with Gasteiger partial charge in [-0.25, -0.2) is 9.79 Å². The highest BCUT2D eigenvalue weighted by Gasteiger charge is 2.36. The number of ketones is 1. The minimum absolute atomic E-state index is 0.131. The molecule has 0 saturated carbocycles. The molecule has 0 saturated heterocycles. The second kappa shape index (κ2) is 11.3. The number of amides is 4. The Hall–Kier alpha value is -4.79. The number of aliphatic imine (C=N–C) groups is 1. The first-order valence-electron chi connectivity index (χ1n) is 12.5. The lowest BCUT2D eigenvalue weighted by molar-refractivity contribution is -0.127. The molecule has 0 bridgehead atoms. The van der Waals surface area contributed by atoms with Gasteiger partial charge in [0.1, 0.15) is 0 Å². The Morgan fingerprint density at radius 1 is 1.00 bits per heavy atom. The molecule has 3 aromatic carbocycles. The molecule has 1 heterocycles. The van der Waals surface area contributed by atoms with Crippen LogP contribution in [0.25, 0.3) is 0 Å². The molecule has 39 heavy (non-hydrogen) atoms. The fraction of sp³-hybridized carbons (Fsp3) is 0.233. The summed E-state index contributed by atoms with van der Waals surface area (Å²) in [4.78, 5) is 58.7. The van der Waals surface area contributed by atoms with Crippen molar-refractivity contribution < 1.29 is 19.2 Å². The van der Waals surface area contributed by atoms with Crippen LogP contribution in [0.1, 0.15) is 31.9 Å². The van der Waals surface area contributed by atoms with Crippen LogP contribution in [0.15, 0.2) is 83.9 Å². The number of nitrogens with zero attached hydrogens (tertiary/aromatic N) is 3.